The van der Waals surface area contributed by atoms with Gasteiger partial charge in [-0.3, -0.25) is 4.79 Å². The number of hydrogen-bond acceptors (Lipinski definition) is 2. The lowest BCUT2D eigenvalue weighted by molar-refractivity contribution is -0.139. The molecular formula is C13H25NO2. The van der Waals surface area contributed by atoms with Gasteiger partial charge in [-0.2, -0.15) is 0 Å². The van der Waals surface area contributed by atoms with Crippen LogP contribution >= 0.6 is 0 Å². The van der Waals surface area contributed by atoms with E-state index < -0.39 is 0 Å². The highest BCUT2D eigenvalue weighted by atomic mass is 16.3. The zero-order valence-corrected chi connectivity index (χ0v) is 10.8. The molecule has 1 fully saturated rings. The van der Waals surface area contributed by atoms with Crippen molar-refractivity contribution < 1.29 is 9.90 Å². The fourth-order valence-corrected chi connectivity index (χ4v) is 2.34. The van der Waals surface area contributed by atoms with Crippen molar-refractivity contribution in [2.75, 3.05) is 13.2 Å². The molecule has 3 heteroatoms. The van der Waals surface area contributed by atoms with E-state index in [1.165, 1.54) is 12.8 Å². The summed E-state index contributed by atoms with van der Waals surface area (Å²) in [6.45, 7) is 6.72. The highest BCUT2D eigenvalue weighted by Crippen LogP contribution is 2.25. The molecule has 0 aliphatic heterocycles. The van der Waals surface area contributed by atoms with Crippen LogP contribution in [-0.2, 0) is 4.79 Å². The Morgan fingerprint density at radius 1 is 1.31 bits per heavy atom. The van der Waals surface area contributed by atoms with Gasteiger partial charge < -0.3 is 10.0 Å². The van der Waals surface area contributed by atoms with Crippen molar-refractivity contribution in [2.24, 2.45) is 11.8 Å². The molecular weight excluding hydrogens is 202 g/mol. The topological polar surface area (TPSA) is 40.5 Å². The molecule has 1 aliphatic rings. The van der Waals surface area contributed by atoms with Gasteiger partial charge in [0.2, 0.25) is 5.91 Å². The summed E-state index contributed by atoms with van der Waals surface area (Å²) in [7, 11) is 0. The standard InChI is InChI=1S/C13H25NO2/c1-10(2)11(3)13(16)14(8-9-15)12-6-4-5-7-12/h10-12,15H,4-9H2,1-3H3. The van der Waals surface area contributed by atoms with Gasteiger partial charge in [0.1, 0.15) is 0 Å². The van der Waals surface area contributed by atoms with E-state index >= 15 is 0 Å². The lowest BCUT2D eigenvalue weighted by atomic mass is 9.95. The van der Waals surface area contributed by atoms with Gasteiger partial charge in [-0.05, 0) is 18.8 Å². The molecule has 1 amide bonds. The van der Waals surface area contributed by atoms with Crippen LogP contribution in [0.25, 0.3) is 0 Å². The summed E-state index contributed by atoms with van der Waals surface area (Å²) in [5.74, 6) is 0.651. The summed E-state index contributed by atoms with van der Waals surface area (Å²) in [5, 5.41) is 9.07. The highest BCUT2D eigenvalue weighted by molar-refractivity contribution is 5.79. The molecule has 1 rings (SSSR count). The highest BCUT2D eigenvalue weighted by Gasteiger charge is 2.29. The van der Waals surface area contributed by atoms with Crippen LogP contribution in [0.2, 0.25) is 0 Å². The fraction of sp³-hybridized carbons (Fsp3) is 0.923. The van der Waals surface area contributed by atoms with Gasteiger partial charge in [-0.25, -0.2) is 0 Å². The Morgan fingerprint density at radius 3 is 2.31 bits per heavy atom. The Kier molecular flexibility index (Phi) is 5.26. The maximum absolute atomic E-state index is 12.3. The lowest BCUT2D eigenvalue weighted by Gasteiger charge is -2.32. The fourth-order valence-electron chi connectivity index (χ4n) is 2.34. The van der Waals surface area contributed by atoms with Crippen LogP contribution < -0.4 is 0 Å². The van der Waals surface area contributed by atoms with Crippen LogP contribution in [0.5, 0.6) is 0 Å². The number of aliphatic hydroxyl groups excluding tert-OH is 1. The van der Waals surface area contributed by atoms with E-state index in [4.69, 9.17) is 5.11 Å². The summed E-state index contributed by atoms with van der Waals surface area (Å²) < 4.78 is 0. The SMILES string of the molecule is CC(C)C(C)C(=O)N(CCO)C1CCCC1. The summed E-state index contributed by atoms with van der Waals surface area (Å²) in [6.07, 6.45) is 4.65. The number of carbonyl (C=O) groups excluding carboxylic acids is 1. The van der Waals surface area contributed by atoms with Crippen molar-refractivity contribution >= 4 is 5.91 Å². The Morgan fingerprint density at radius 2 is 1.88 bits per heavy atom. The molecule has 1 saturated carbocycles. The minimum absolute atomic E-state index is 0.0622. The Hall–Kier alpha value is -0.570. The van der Waals surface area contributed by atoms with E-state index in [0.29, 0.717) is 18.5 Å². The maximum Gasteiger partial charge on any atom is 0.225 e. The number of aliphatic hydroxyl groups is 1. The smallest absolute Gasteiger partial charge is 0.225 e. The molecule has 0 aromatic carbocycles. The van der Waals surface area contributed by atoms with Crippen molar-refractivity contribution in [3.63, 3.8) is 0 Å². The molecule has 0 bridgehead atoms. The van der Waals surface area contributed by atoms with Gasteiger partial charge in [-0.15, -0.1) is 0 Å². The lowest BCUT2D eigenvalue weighted by Crippen LogP contribution is -2.44. The molecule has 0 radical (unpaired) electrons. The minimum Gasteiger partial charge on any atom is -0.395 e. The molecule has 1 unspecified atom stereocenters. The van der Waals surface area contributed by atoms with E-state index in [1.807, 2.05) is 11.8 Å². The van der Waals surface area contributed by atoms with E-state index in [9.17, 15) is 4.79 Å². The van der Waals surface area contributed by atoms with Crippen molar-refractivity contribution in [1.82, 2.24) is 4.90 Å². The second-order valence-electron chi connectivity index (χ2n) is 5.23. The van der Waals surface area contributed by atoms with Crippen molar-refractivity contribution in [2.45, 2.75) is 52.5 Å². The first-order valence-corrected chi connectivity index (χ1v) is 6.49. The molecule has 0 spiro atoms. The molecule has 1 atom stereocenters. The molecule has 0 saturated heterocycles. The second kappa shape index (κ2) is 6.24. The molecule has 3 nitrogen and oxygen atoms in total. The molecule has 0 aromatic rings. The van der Waals surface area contributed by atoms with Crippen LogP contribution in [0.15, 0.2) is 0 Å². The average Bonchev–Trinajstić information content (AvgIpc) is 2.76. The first-order chi connectivity index (χ1) is 7.57. The number of hydrogen-bond donors (Lipinski definition) is 1. The van der Waals surface area contributed by atoms with Gasteiger partial charge in [0, 0.05) is 18.5 Å². The zero-order chi connectivity index (χ0) is 12.1. The van der Waals surface area contributed by atoms with Gasteiger partial charge in [-0.1, -0.05) is 33.6 Å². The van der Waals surface area contributed by atoms with E-state index in [0.717, 1.165) is 12.8 Å². The predicted octanol–water partition coefficient (Wildman–Crippen LogP) is 2.04. The quantitative estimate of drug-likeness (QED) is 0.781. The van der Waals surface area contributed by atoms with Gasteiger partial charge in [0.25, 0.3) is 0 Å². The minimum atomic E-state index is 0.0622. The third-order valence-corrected chi connectivity index (χ3v) is 3.78. The first-order valence-electron chi connectivity index (χ1n) is 6.49. The molecule has 1 aliphatic carbocycles. The molecule has 94 valence electrons. The predicted molar refractivity (Wildman–Crippen MR) is 65.1 cm³/mol. The molecule has 0 aromatic heterocycles. The van der Waals surface area contributed by atoms with Gasteiger partial charge >= 0.3 is 0 Å². The Balaban J connectivity index is 2.64. The molecule has 0 heterocycles. The van der Waals surface area contributed by atoms with E-state index in [2.05, 4.69) is 13.8 Å². The van der Waals surface area contributed by atoms with Gasteiger partial charge in [0.15, 0.2) is 0 Å². The molecule has 1 N–H and O–H groups in total. The van der Waals surface area contributed by atoms with E-state index in [-0.39, 0.29) is 18.4 Å². The summed E-state index contributed by atoms with van der Waals surface area (Å²) in [4.78, 5) is 14.2. The van der Waals surface area contributed by atoms with Crippen LogP contribution in [0, 0.1) is 11.8 Å². The third-order valence-electron chi connectivity index (χ3n) is 3.78. The largest absolute Gasteiger partial charge is 0.395 e. The number of nitrogens with zero attached hydrogens (tertiary/aromatic N) is 1. The van der Waals surface area contributed by atoms with Crippen molar-refractivity contribution in [1.29, 1.82) is 0 Å². The number of carbonyl (C=O) groups is 1. The first kappa shape index (κ1) is 13.5. The summed E-state index contributed by atoms with van der Waals surface area (Å²) in [6, 6.07) is 0.376. The summed E-state index contributed by atoms with van der Waals surface area (Å²) in [5.41, 5.74) is 0. The van der Waals surface area contributed by atoms with Crippen LogP contribution in [0.1, 0.15) is 46.5 Å². The molecule has 16 heavy (non-hydrogen) atoms. The van der Waals surface area contributed by atoms with Crippen LogP contribution in [0.4, 0.5) is 0 Å². The monoisotopic (exact) mass is 227 g/mol. The van der Waals surface area contributed by atoms with Crippen molar-refractivity contribution in [3.05, 3.63) is 0 Å². The van der Waals surface area contributed by atoms with E-state index in [1.54, 1.807) is 0 Å². The number of rotatable bonds is 5. The van der Waals surface area contributed by atoms with Gasteiger partial charge in [0.05, 0.1) is 6.61 Å². The normalized spacial score (nSPS) is 19.1. The van der Waals surface area contributed by atoms with Crippen LogP contribution in [-0.4, -0.2) is 35.1 Å². The van der Waals surface area contributed by atoms with Crippen LogP contribution in [0.3, 0.4) is 0 Å². The zero-order valence-electron chi connectivity index (χ0n) is 10.8. The Bertz CT molecular complexity index is 222. The Labute approximate surface area is 98.8 Å². The maximum atomic E-state index is 12.3. The third kappa shape index (κ3) is 3.21. The number of amides is 1. The second-order valence-corrected chi connectivity index (χ2v) is 5.23. The summed E-state index contributed by atoms with van der Waals surface area (Å²) >= 11 is 0. The average molecular weight is 227 g/mol. The van der Waals surface area contributed by atoms with Crippen molar-refractivity contribution in [3.8, 4) is 0 Å².